The fourth-order valence-electron chi connectivity index (χ4n) is 1.04. The maximum atomic E-state index is 13.6. The van der Waals surface area contributed by atoms with E-state index in [0.29, 0.717) is 0 Å². The van der Waals surface area contributed by atoms with Crippen molar-refractivity contribution in [3.63, 3.8) is 0 Å². The van der Waals surface area contributed by atoms with Crippen molar-refractivity contribution >= 4 is 23.5 Å². The Balaban J connectivity index is 3.72. The summed E-state index contributed by atoms with van der Waals surface area (Å²) >= 11 is 4.26. The van der Waals surface area contributed by atoms with Crippen LogP contribution in [0.2, 0.25) is 0 Å². The van der Waals surface area contributed by atoms with E-state index in [1.54, 1.807) is 0 Å². The summed E-state index contributed by atoms with van der Waals surface area (Å²) in [5, 5.41) is -1.50. The van der Waals surface area contributed by atoms with Crippen molar-refractivity contribution in [1.29, 1.82) is 0 Å². The second kappa shape index (κ2) is 4.37. The first-order valence-electron chi connectivity index (χ1n) is 4.04. The van der Waals surface area contributed by atoms with Crippen LogP contribution in [0.25, 0.3) is 0 Å². The molecule has 0 aliphatic rings. The van der Waals surface area contributed by atoms with Gasteiger partial charge in [0.05, 0.1) is 5.30 Å². The maximum absolute atomic E-state index is 13.6. The summed E-state index contributed by atoms with van der Waals surface area (Å²) in [5.74, 6) is -11.0. The van der Waals surface area contributed by atoms with Crippen molar-refractivity contribution in [3.05, 3.63) is 29.1 Å². The molecule has 1 rings (SSSR count). The Kier molecular flexibility index (Phi) is 3.69. The first-order chi connectivity index (χ1) is 7.24. The van der Waals surface area contributed by atoms with Gasteiger partial charge in [-0.15, -0.1) is 0 Å². The highest BCUT2D eigenvalue weighted by Crippen LogP contribution is 2.48. The van der Waals surface area contributed by atoms with E-state index in [-0.39, 0.29) is 0 Å². The van der Waals surface area contributed by atoms with Gasteiger partial charge in [0.25, 0.3) is 0 Å². The zero-order valence-electron chi connectivity index (χ0n) is 7.83. The molecule has 0 fully saturated rings. The maximum Gasteiger partial charge on any atom is 0.200 e. The summed E-state index contributed by atoms with van der Waals surface area (Å²) in [7, 11) is 0. The Bertz CT molecular complexity index is 457. The topological polar surface area (TPSA) is 0 Å². The summed E-state index contributed by atoms with van der Waals surface area (Å²) in [6.45, 7) is 1.18. The average molecular weight is 278 g/mol. The quantitative estimate of drug-likeness (QED) is 0.346. The molecule has 0 nitrogen and oxygen atoms in total. The molecule has 0 spiro atoms. The highest BCUT2D eigenvalue weighted by Gasteiger charge is 2.33. The molecule has 16 heavy (non-hydrogen) atoms. The fraction of sp³-hybridized carbons (Fsp3) is 0.250. The van der Waals surface area contributed by atoms with Gasteiger partial charge in [0.15, 0.2) is 23.3 Å². The van der Waals surface area contributed by atoms with Crippen LogP contribution in [0.5, 0.6) is 0 Å². The molecule has 8 heteroatoms. The third kappa shape index (κ3) is 1.98. The van der Waals surface area contributed by atoms with Crippen LogP contribution in [0.15, 0.2) is 0 Å². The van der Waals surface area contributed by atoms with Crippen molar-refractivity contribution < 1.29 is 26.1 Å². The Morgan fingerprint density at radius 1 is 0.875 bits per heavy atom. The van der Waals surface area contributed by atoms with Crippen LogP contribution in [0, 0.1) is 29.1 Å². The zero-order valence-corrected chi connectivity index (χ0v) is 9.54. The molecule has 0 aliphatic heterocycles. The molecule has 0 aromatic heterocycles. The third-order valence-corrected chi connectivity index (χ3v) is 5.12. The van der Waals surface area contributed by atoms with Crippen LogP contribution in [-0.2, 0) is 11.8 Å². The van der Waals surface area contributed by atoms with Crippen LogP contribution in [0.3, 0.4) is 0 Å². The number of benzene rings is 1. The van der Waals surface area contributed by atoms with Crippen LogP contribution in [0.4, 0.5) is 26.1 Å². The lowest BCUT2D eigenvalue weighted by Gasteiger charge is -2.13. The molecule has 0 bridgehead atoms. The fourth-order valence-corrected chi connectivity index (χ4v) is 2.62. The molecule has 90 valence electrons. The molecule has 0 saturated heterocycles. The average Bonchev–Trinajstić information content (AvgIpc) is 2.23. The van der Waals surface area contributed by atoms with E-state index in [1.807, 2.05) is 0 Å². The Morgan fingerprint density at radius 2 is 1.19 bits per heavy atom. The SMILES string of the molecule is CCP(F)(=S)c1c(F)c(F)c(F)c(F)c1F. The summed E-state index contributed by atoms with van der Waals surface area (Å²) in [5.41, 5.74) is 0. The molecule has 0 N–H and O–H groups in total. The zero-order chi connectivity index (χ0) is 12.7. The van der Waals surface area contributed by atoms with Gasteiger partial charge in [-0.25, -0.2) is 26.1 Å². The van der Waals surface area contributed by atoms with Gasteiger partial charge in [-0.2, -0.15) is 0 Å². The molecule has 0 saturated carbocycles. The van der Waals surface area contributed by atoms with E-state index in [4.69, 9.17) is 0 Å². The largest absolute Gasteiger partial charge is 0.213 e. The third-order valence-electron chi connectivity index (χ3n) is 1.93. The molecule has 0 amide bonds. The van der Waals surface area contributed by atoms with E-state index >= 15 is 0 Å². The lowest BCUT2D eigenvalue weighted by molar-refractivity contribution is 0.384. The summed E-state index contributed by atoms with van der Waals surface area (Å²) in [6.07, 6.45) is -4.72. The highest BCUT2D eigenvalue weighted by molar-refractivity contribution is 8.15. The molecule has 1 atom stereocenters. The minimum Gasteiger partial charge on any atom is -0.213 e. The Labute approximate surface area is 92.4 Å². The van der Waals surface area contributed by atoms with Crippen LogP contribution in [0.1, 0.15) is 6.92 Å². The van der Waals surface area contributed by atoms with Gasteiger partial charge in [0.1, 0.15) is 6.35 Å². The molecular formula is C8H5F6PS. The van der Waals surface area contributed by atoms with E-state index < -0.39 is 46.9 Å². The van der Waals surface area contributed by atoms with Gasteiger partial charge < -0.3 is 0 Å². The lowest BCUT2D eigenvalue weighted by Crippen LogP contribution is -2.20. The monoisotopic (exact) mass is 278 g/mol. The molecule has 1 aromatic rings. The van der Waals surface area contributed by atoms with Crippen molar-refractivity contribution in [3.8, 4) is 0 Å². The Morgan fingerprint density at radius 3 is 1.50 bits per heavy atom. The second-order valence-electron chi connectivity index (χ2n) is 2.89. The van der Waals surface area contributed by atoms with Gasteiger partial charge in [-0.05, 0) is 0 Å². The van der Waals surface area contributed by atoms with E-state index in [0.717, 1.165) is 0 Å². The normalized spacial score (nSPS) is 14.9. The molecule has 1 aromatic carbocycles. The predicted molar refractivity (Wildman–Crippen MR) is 51.8 cm³/mol. The first-order valence-corrected chi connectivity index (χ1v) is 6.92. The number of rotatable bonds is 2. The number of halogens is 6. The lowest BCUT2D eigenvalue weighted by atomic mass is 10.3. The highest BCUT2D eigenvalue weighted by atomic mass is 32.5. The van der Waals surface area contributed by atoms with Crippen LogP contribution >= 0.6 is 6.35 Å². The smallest absolute Gasteiger partial charge is 0.200 e. The van der Waals surface area contributed by atoms with Crippen molar-refractivity contribution in [2.45, 2.75) is 6.92 Å². The van der Waals surface area contributed by atoms with E-state index in [1.165, 1.54) is 6.92 Å². The van der Waals surface area contributed by atoms with Crippen LogP contribution < -0.4 is 5.30 Å². The van der Waals surface area contributed by atoms with Gasteiger partial charge >= 0.3 is 0 Å². The van der Waals surface area contributed by atoms with Crippen molar-refractivity contribution in [2.24, 2.45) is 0 Å². The molecular weight excluding hydrogens is 273 g/mol. The number of hydrogen-bond acceptors (Lipinski definition) is 1. The van der Waals surface area contributed by atoms with E-state index in [2.05, 4.69) is 11.8 Å². The molecule has 1 unspecified atom stereocenters. The molecule has 0 radical (unpaired) electrons. The number of hydrogen-bond donors (Lipinski definition) is 0. The molecule has 0 aliphatic carbocycles. The van der Waals surface area contributed by atoms with E-state index in [9.17, 15) is 26.1 Å². The van der Waals surface area contributed by atoms with Crippen molar-refractivity contribution in [2.75, 3.05) is 6.16 Å². The van der Waals surface area contributed by atoms with Crippen LogP contribution in [-0.4, -0.2) is 6.16 Å². The molecule has 0 heterocycles. The van der Waals surface area contributed by atoms with Gasteiger partial charge in [-0.1, -0.05) is 18.7 Å². The second-order valence-corrected chi connectivity index (χ2v) is 7.01. The van der Waals surface area contributed by atoms with Gasteiger partial charge in [0, 0.05) is 6.16 Å². The minimum absolute atomic E-state index is 0.485. The summed E-state index contributed by atoms with van der Waals surface area (Å²) in [6, 6.07) is 0. The van der Waals surface area contributed by atoms with Gasteiger partial charge in [0.2, 0.25) is 5.82 Å². The standard InChI is InChI=1S/C8H5F6PS/c1-2-15(14,16)8-6(12)4(10)3(9)5(11)7(8)13/h2H2,1H3. The minimum atomic E-state index is -4.24. The Hall–Kier alpha value is -0.550. The van der Waals surface area contributed by atoms with Gasteiger partial charge in [-0.3, -0.25) is 0 Å². The predicted octanol–water partition coefficient (Wildman–Crippen LogP) is 3.39. The summed E-state index contributed by atoms with van der Waals surface area (Å²) in [4.78, 5) is 0. The first kappa shape index (κ1) is 13.5. The summed E-state index contributed by atoms with van der Waals surface area (Å²) < 4.78 is 77.8. The van der Waals surface area contributed by atoms with Crippen molar-refractivity contribution in [1.82, 2.24) is 0 Å².